The van der Waals surface area contributed by atoms with Crippen LogP contribution in [0.3, 0.4) is 0 Å². The van der Waals surface area contributed by atoms with Crippen molar-refractivity contribution >= 4 is 11.5 Å². The number of carbonyl (C=O) groups is 1. The number of halogens is 2. The van der Waals surface area contributed by atoms with Gasteiger partial charge in [0.1, 0.15) is 5.75 Å². The summed E-state index contributed by atoms with van der Waals surface area (Å²) in [5, 5.41) is 0. The third kappa shape index (κ3) is 4.47. The Hall–Kier alpha value is -2.75. The highest BCUT2D eigenvalue weighted by molar-refractivity contribution is 5.91. The lowest BCUT2D eigenvalue weighted by Crippen LogP contribution is -2.33. The number of ether oxygens (including phenoxy) is 1. The molecule has 0 saturated heterocycles. The first-order valence-electron chi connectivity index (χ1n) is 10.00. The molecule has 0 N–H and O–H groups in total. The first kappa shape index (κ1) is 21.0. The van der Waals surface area contributed by atoms with Gasteiger partial charge in [0.2, 0.25) is 0 Å². The Labute approximate surface area is 170 Å². The molecular formula is C25H26F2O2. The SMILES string of the molecule is C=CC1=C(c2ccc(OC(=O)c3ccc(C)cc3)cc2)C(F)(F)C(CCC)CC1. The zero-order valence-corrected chi connectivity index (χ0v) is 16.9. The van der Waals surface area contributed by atoms with Crippen molar-refractivity contribution in [2.24, 2.45) is 5.92 Å². The average Bonchev–Trinajstić information content (AvgIpc) is 2.70. The summed E-state index contributed by atoms with van der Waals surface area (Å²) in [6, 6.07) is 13.4. The van der Waals surface area contributed by atoms with Gasteiger partial charge in [-0.1, -0.05) is 55.8 Å². The highest BCUT2D eigenvalue weighted by Crippen LogP contribution is 2.49. The van der Waals surface area contributed by atoms with Crippen LogP contribution in [0.5, 0.6) is 5.75 Å². The summed E-state index contributed by atoms with van der Waals surface area (Å²) in [6.45, 7) is 7.60. The van der Waals surface area contributed by atoms with Crippen LogP contribution in [0.2, 0.25) is 0 Å². The van der Waals surface area contributed by atoms with Crippen LogP contribution in [0.15, 0.2) is 66.8 Å². The van der Waals surface area contributed by atoms with Crippen molar-refractivity contribution in [2.45, 2.75) is 45.5 Å². The van der Waals surface area contributed by atoms with E-state index in [1.54, 1.807) is 36.4 Å². The third-order valence-electron chi connectivity index (χ3n) is 5.45. The standard InChI is InChI=1S/C25H26F2O2/c1-4-6-21-14-11-18(5-2)23(25(21,26)27)19-12-15-22(16-13-19)29-24(28)20-9-7-17(3)8-10-20/h5,7-10,12-13,15-16,21H,2,4,6,11,14H2,1,3H3. The molecule has 0 aliphatic heterocycles. The lowest BCUT2D eigenvalue weighted by molar-refractivity contribution is -0.0114. The van der Waals surface area contributed by atoms with Gasteiger partial charge in [0.25, 0.3) is 5.92 Å². The minimum Gasteiger partial charge on any atom is -0.423 e. The maximum atomic E-state index is 15.2. The average molecular weight is 396 g/mol. The number of benzene rings is 2. The molecule has 29 heavy (non-hydrogen) atoms. The molecule has 0 bridgehead atoms. The normalized spacial score (nSPS) is 18.4. The Balaban J connectivity index is 1.84. The second-order valence-electron chi connectivity index (χ2n) is 7.53. The number of alkyl halides is 2. The molecule has 2 aromatic rings. The summed E-state index contributed by atoms with van der Waals surface area (Å²) in [6.07, 6.45) is 3.83. The lowest BCUT2D eigenvalue weighted by Gasteiger charge is -2.35. The van der Waals surface area contributed by atoms with E-state index in [9.17, 15) is 4.79 Å². The summed E-state index contributed by atoms with van der Waals surface area (Å²) in [4.78, 5) is 12.3. The summed E-state index contributed by atoms with van der Waals surface area (Å²) < 4.78 is 35.8. The molecule has 1 aliphatic carbocycles. The van der Waals surface area contributed by atoms with E-state index in [1.165, 1.54) is 6.08 Å². The zero-order valence-electron chi connectivity index (χ0n) is 16.9. The molecule has 0 amide bonds. The van der Waals surface area contributed by atoms with Crippen LogP contribution < -0.4 is 4.74 Å². The second-order valence-corrected chi connectivity index (χ2v) is 7.53. The fourth-order valence-corrected chi connectivity index (χ4v) is 3.86. The number of hydrogen-bond acceptors (Lipinski definition) is 2. The minimum absolute atomic E-state index is 0.0496. The summed E-state index contributed by atoms with van der Waals surface area (Å²) in [5.74, 6) is -3.72. The van der Waals surface area contributed by atoms with Gasteiger partial charge in [-0.2, -0.15) is 0 Å². The number of aryl methyl sites for hydroxylation is 1. The first-order chi connectivity index (χ1) is 13.9. The van der Waals surface area contributed by atoms with Crippen molar-refractivity contribution < 1.29 is 18.3 Å². The molecule has 4 heteroatoms. The summed E-state index contributed by atoms with van der Waals surface area (Å²) in [5.41, 5.74) is 2.57. The van der Waals surface area contributed by atoms with Crippen LogP contribution in [0.25, 0.3) is 5.57 Å². The largest absolute Gasteiger partial charge is 0.423 e. The van der Waals surface area contributed by atoms with Crippen LogP contribution >= 0.6 is 0 Å². The van der Waals surface area contributed by atoms with Gasteiger partial charge in [-0.15, -0.1) is 0 Å². The Bertz CT molecular complexity index is 909. The monoisotopic (exact) mass is 396 g/mol. The lowest BCUT2D eigenvalue weighted by atomic mass is 9.76. The highest BCUT2D eigenvalue weighted by atomic mass is 19.3. The molecule has 1 unspecified atom stereocenters. The van der Waals surface area contributed by atoms with Crippen molar-refractivity contribution in [3.8, 4) is 5.75 Å². The topological polar surface area (TPSA) is 26.3 Å². The highest BCUT2D eigenvalue weighted by Gasteiger charge is 2.46. The molecular weight excluding hydrogens is 370 g/mol. The molecule has 0 aromatic heterocycles. The Kier molecular flexibility index (Phi) is 6.31. The van der Waals surface area contributed by atoms with Gasteiger partial charge >= 0.3 is 5.97 Å². The van der Waals surface area contributed by atoms with Crippen molar-refractivity contribution in [3.05, 3.63) is 83.4 Å². The molecule has 2 aromatic carbocycles. The van der Waals surface area contributed by atoms with E-state index in [4.69, 9.17) is 4.74 Å². The van der Waals surface area contributed by atoms with E-state index in [2.05, 4.69) is 6.58 Å². The van der Waals surface area contributed by atoms with E-state index < -0.39 is 17.8 Å². The van der Waals surface area contributed by atoms with Crippen molar-refractivity contribution in [2.75, 3.05) is 0 Å². The predicted octanol–water partition coefficient (Wildman–Crippen LogP) is 7.00. The number of hydrogen-bond donors (Lipinski definition) is 0. The van der Waals surface area contributed by atoms with Crippen LogP contribution in [0.1, 0.15) is 54.1 Å². The fraction of sp³-hybridized carbons (Fsp3) is 0.320. The van der Waals surface area contributed by atoms with E-state index >= 15 is 8.78 Å². The molecule has 0 heterocycles. The van der Waals surface area contributed by atoms with Crippen molar-refractivity contribution in [3.63, 3.8) is 0 Å². The van der Waals surface area contributed by atoms with Crippen LogP contribution in [-0.4, -0.2) is 11.9 Å². The molecule has 0 spiro atoms. The molecule has 152 valence electrons. The number of allylic oxidation sites excluding steroid dienone is 3. The zero-order chi connectivity index (χ0) is 21.0. The predicted molar refractivity (Wildman–Crippen MR) is 112 cm³/mol. The molecule has 0 saturated carbocycles. The van der Waals surface area contributed by atoms with Crippen LogP contribution in [0, 0.1) is 12.8 Å². The molecule has 0 radical (unpaired) electrons. The van der Waals surface area contributed by atoms with E-state index in [-0.39, 0.29) is 5.57 Å². The summed E-state index contributed by atoms with van der Waals surface area (Å²) >= 11 is 0. The Morgan fingerprint density at radius 1 is 1.17 bits per heavy atom. The number of rotatable bonds is 6. The van der Waals surface area contributed by atoms with Crippen LogP contribution in [-0.2, 0) is 0 Å². The molecule has 1 atom stereocenters. The maximum Gasteiger partial charge on any atom is 0.343 e. The first-order valence-corrected chi connectivity index (χ1v) is 10.00. The van der Waals surface area contributed by atoms with Gasteiger partial charge < -0.3 is 4.74 Å². The van der Waals surface area contributed by atoms with Crippen molar-refractivity contribution in [1.29, 1.82) is 0 Å². The molecule has 3 rings (SSSR count). The van der Waals surface area contributed by atoms with Crippen molar-refractivity contribution in [1.82, 2.24) is 0 Å². The maximum absolute atomic E-state index is 15.2. The molecule has 2 nitrogen and oxygen atoms in total. The summed E-state index contributed by atoms with van der Waals surface area (Å²) in [7, 11) is 0. The number of carbonyl (C=O) groups excluding carboxylic acids is 1. The van der Waals surface area contributed by atoms with E-state index in [0.717, 1.165) is 12.0 Å². The van der Waals surface area contributed by atoms with Gasteiger partial charge in [0.15, 0.2) is 0 Å². The van der Waals surface area contributed by atoms with Crippen LogP contribution in [0.4, 0.5) is 8.78 Å². The Morgan fingerprint density at radius 2 is 1.83 bits per heavy atom. The van der Waals surface area contributed by atoms with Gasteiger partial charge in [-0.3, -0.25) is 0 Å². The molecule has 0 fully saturated rings. The van der Waals surface area contributed by atoms with Gasteiger partial charge in [-0.05, 0) is 61.6 Å². The number of esters is 1. The Morgan fingerprint density at radius 3 is 2.41 bits per heavy atom. The minimum atomic E-state index is -2.90. The fourth-order valence-electron chi connectivity index (χ4n) is 3.86. The van der Waals surface area contributed by atoms with Gasteiger partial charge in [0, 0.05) is 11.5 Å². The van der Waals surface area contributed by atoms with E-state index in [0.29, 0.717) is 41.7 Å². The third-order valence-corrected chi connectivity index (χ3v) is 5.45. The second kappa shape index (κ2) is 8.73. The van der Waals surface area contributed by atoms with Gasteiger partial charge in [-0.25, -0.2) is 13.6 Å². The molecule has 1 aliphatic rings. The van der Waals surface area contributed by atoms with E-state index in [1.807, 2.05) is 26.0 Å². The van der Waals surface area contributed by atoms with Gasteiger partial charge in [0.05, 0.1) is 5.56 Å². The smallest absolute Gasteiger partial charge is 0.343 e. The quantitative estimate of drug-likeness (QED) is 0.388.